The molecule has 2 aliphatic carbocycles. The lowest BCUT2D eigenvalue weighted by Crippen LogP contribution is -2.45. The minimum Gasteiger partial charge on any atom is -0.325 e. The van der Waals surface area contributed by atoms with E-state index < -0.39 is 0 Å². The molecule has 0 aliphatic heterocycles. The summed E-state index contributed by atoms with van der Waals surface area (Å²) >= 11 is 0. The third-order valence-electron chi connectivity index (χ3n) is 4.12. The average Bonchev–Trinajstić information content (AvgIpc) is 2.92. The summed E-state index contributed by atoms with van der Waals surface area (Å²) in [7, 11) is 0. The van der Waals surface area contributed by atoms with E-state index in [1.165, 1.54) is 51.4 Å². The second-order valence-electron chi connectivity index (χ2n) is 5.24. The van der Waals surface area contributed by atoms with Gasteiger partial charge in [0.2, 0.25) is 0 Å². The number of hydrogen-bond acceptors (Lipinski definition) is 1. The summed E-state index contributed by atoms with van der Waals surface area (Å²) in [6.45, 7) is 2.30. The minimum atomic E-state index is 0.268. The lowest BCUT2D eigenvalue weighted by Gasteiger charge is -2.37. The molecular formula is C12H23N. The normalized spacial score (nSPS) is 40.6. The van der Waals surface area contributed by atoms with Crippen molar-refractivity contribution in [3.63, 3.8) is 0 Å². The fraction of sp³-hybridized carbons (Fsp3) is 1.00. The number of rotatable bonds is 3. The van der Waals surface area contributed by atoms with Crippen molar-refractivity contribution in [1.82, 2.24) is 0 Å². The van der Waals surface area contributed by atoms with Crippen LogP contribution in [0, 0.1) is 11.8 Å². The van der Waals surface area contributed by atoms with Gasteiger partial charge >= 0.3 is 0 Å². The average molecular weight is 181 g/mol. The maximum atomic E-state index is 6.42. The zero-order valence-electron chi connectivity index (χ0n) is 8.89. The highest BCUT2D eigenvalue weighted by atomic mass is 14.8. The van der Waals surface area contributed by atoms with Gasteiger partial charge in [0.1, 0.15) is 0 Å². The summed E-state index contributed by atoms with van der Waals surface area (Å²) < 4.78 is 0. The highest BCUT2D eigenvalue weighted by Crippen LogP contribution is 2.47. The third-order valence-corrected chi connectivity index (χ3v) is 4.12. The lowest BCUT2D eigenvalue weighted by atomic mass is 9.73. The van der Waals surface area contributed by atoms with E-state index >= 15 is 0 Å². The molecule has 0 atom stereocenters. The van der Waals surface area contributed by atoms with Gasteiger partial charge in [-0.25, -0.2) is 0 Å². The Bertz CT molecular complexity index is 164. The number of nitrogens with two attached hydrogens (primary N) is 1. The second kappa shape index (κ2) is 3.61. The van der Waals surface area contributed by atoms with Crippen LogP contribution in [0.3, 0.4) is 0 Å². The Hall–Kier alpha value is -0.0400. The van der Waals surface area contributed by atoms with Crippen molar-refractivity contribution in [3.8, 4) is 0 Å². The maximum Gasteiger partial charge on any atom is 0.0183 e. The maximum absolute atomic E-state index is 6.42. The van der Waals surface area contributed by atoms with Crippen molar-refractivity contribution in [3.05, 3.63) is 0 Å². The van der Waals surface area contributed by atoms with E-state index in [1.54, 1.807) is 0 Å². The fourth-order valence-electron chi connectivity index (χ4n) is 2.98. The van der Waals surface area contributed by atoms with Crippen LogP contribution in [0.15, 0.2) is 0 Å². The molecule has 0 saturated heterocycles. The van der Waals surface area contributed by atoms with Gasteiger partial charge in [-0.05, 0) is 50.4 Å². The Morgan fingerprint density at radius 2 is 1.77 bits per heavy atom. The summed E-state index contributed by atoms with van der Waals surface area (Å²) in [5, 5.41) is 0. The van der Waals surface area contributed by atoms with Crippen molar-refractivity contribution in [1.29, 1.82) is 0 Å². The summed E-state index contributed by atoms with van der Waals surface area (Å²) in [6, 6.07) is 0. The lowest BCUT2D eigenvalue weighted by molar-refractivity contribution is 0.201. The van der Waals surface area contributed by atoms with Gasteiger partial charge in [0.15, 0.2) is 0 Å². The van der Waals surface area contributed by atoms with Gasteiger partial charge in [0.05, 0.1) is 0 Å². The van der Waals surface area contributed by atoms with E-state index in [9.17, 15) is 0 Å². The van der Waals surface area contributed by atoms with Gasteiger partial charge in [0, 0.05) is 5.54 Å². The molecule has 0 amide bonds. The Morgan fingerprint density at radius 3 is 2.23 bits per heavy atom. The molecule has 0 spiro atoms. The van der Waals surface area contributed by atoms with Crippen molar-refractivity contribution in [2.24, 2.45) is 17.6 Å². The predicted octanol–water partition coefficient (Wildman–Crippen LogP) is 3.08. The molecule has 0 heterocycles. The van der Waals surface area contributed by atoms with Crippen molar-refractivity contribution in [2.45, 2.75) is 63.8 Å². The Balaban J connectivity index is 1.81. The Morgan fingerprint density at radius 1 is 1.15 bits per heavy atom. The van der Waals surface area contributed by atoms with E-state index in [4.69, 9.17) is 5.73 Å². The van der Waals surface area contributed by atoms with E-state index in [0.717, 1.165) is 11.8 Å². The fourth-order valence-corrected chi connectivity index (χ4v) is 2.98. The summed E-state index contributed by atoms with van der Waals surface area (Å²) in [6.07, 6.45) is 11.0. The molecule has 2 fully saturated rings. The largest absolute Gasteiger partial charge is 0.325 e. The van der Waals surface area contributed by atoms with Crippen LogP contribution in [0.4, 0.5) is 0 Å². The van der Waals surface area contributed by atoms with Gasteiger partial charge in [-0.15, -0.1) is 0 Å². The Labute approximate surface area is 82.1 Å². The molecule has 76 valence electrons. The topological polar surface area (TPSA) is 26.0 Å². The van der Waals surface area contributed by atoms with Crippen LogP contribution < -0.4 is 5.73 Å². The molecule has 0 aromatic carbocycles. The molecule has 1 heteroatoms. The number of hydrogen-bond donors (Lipinski definition) is 1. The van der Waals surface area contributed by atoms with Crippen molar-refractivity contribution >= 4 is 0 Å². The molecule has 2 rings (SSSR count). The van der Waals surface area contributed by atoms with E-state index in [2.05, 4.69) is 6.92 Å². The van der Waals surface area contributed by atoms with Gasteiger partial charge < -0.3 is 5.73 Å². The van der Waals surface area contributed by atoms with E-state index in [0.29, 0.717) is 0 Å². The van der Waals surface area contributed by atoms with Crippen LogP contribution in [0.5, 0.6) is 0 Å². The molecule has 0 unspecified atom stereocenters. The minimum absolute atomic E-state index is 0.268. The SMILES string of the molecule is CCCC1CCC(N)(C2CC2)CC1. The van der Waals surface area contributed by atoms with Gasteiger partial charge in [0.25, 0.3) is 0 Å². The van der Waals surface area contributed by atoms with Gasteiger partial charge in [-0.2, -0.15) is 0 Å². The second-order valence-corrected chi connectivity index (χ2v) is 5.24. The molecule has 2 N–H and O–H groups in total. The predicted molar refractivity (Wildman–Crippen MR) is 56.5 cm³/mol. The first kappa shape index (κ1) is 9.51. The highest BCUT2D eigenvalue weighted by molar-refractivity contribution is 5.00. The van der Waals surface area contributed by atoms with Crippen LogP contribution in [-0.4, -0.2) is 5.54 Å². The zero-order chi connectivity index (χ0) is 9.31. The molecular weight excluding hydrogens is 158 g/mol. The molecule has 2 aliphatic rings. The summed E-state index contributed by atoms with van der Waals surface area (Å²) in [5.41, 5.74) is 6.69. The molecule has 0 aromatic heterocycles. The van der Waals surface area contributed by atoms with Crippen molar-refractivity contribution < 1.29 is 0 Å². The quantitative estimate of drug-likeness (QED) is 0.711. The molecule has 1 nitrogen and oxygen atoms in total. The first-order valence-corrected chi connectivity index (χ1v) is 6.03. The Kier molecular flexibility index (Phi) is 2.64. The van der Waals surface area contributed by atoms with Crippen LogP contribution in [0.25, 0.3) is 0 Å². The van der Waals surface area contributed by atoms with Crippen LogP contribution >= 0.6 is 0 Å². The molecule has 13 heavy (non-hydrogen) atoms. The first-order chi connectivity index (χ1) is 6.24. The third kappa shape index (κ3) is 2.07. The first-order valence-electron chi connectivity index (χ1n) is 6.03. The zero-order valence-corrected chi connectivity index (χ0v) is 8.89. The van der Waals surface area contributed by atoms with Gasteiger partial charge in [-0.1, -0.05) is 19.8 Å². The van der Waals surface area contributed by atoms with Crippen molar-refractivity contribution in [2.75, 3.05) is 0 Å². The van der Waals surface area contributed by atoms with Crippen LogP contribution in [0.1, 0.15) is 58.3 Å². The molecule has 0 radical (unpaired) electrons. The molecule has 0 aromatic rings. The van der Waals surface area contributed by atoms with E-state index in [-0.39, 0.29) is 5.54 Å². The smallest absolute Gasteiger partial charge is 0.0183 e. The summed E-state index contributed by atoms with van der Waals surface area (Å²) in [5.74, 6) is 1.90. The van der Waals surface area contributed by atoms with Gasteiger partial charge in [-0.3, -0.25) is 0 Å². The summed E-state index contributed by atoms with van der Waals surface area (Å²) in [4.78, 5) is 0. The monoisotopic (exact) mass is 181 g/mol. The molecule has 0 bridgehead atoms. The van der Waals surface area contributed by atoms with Crippen LogP contribution in [-0.2, 0) is 0 Å². The highest BCUT2D eigenvalue weighted by Gasteiger charge is 2.43. The molecule has 2 saturated carbocycles. The van der Waals surface area contributed by atoms with Crippen LogP contribution in [0.2, 0.25) is 0 Å². The standard InChI is InChI=1S/C12H23N/c1-2-3-10-6-8-12(13,9-7-10)11-4-5-11/h10-11H,2-9,13H2,1H3. The van der Waals surface area contributed by atoms with E-state index in [1.807, 2.05) is 0 Å².